The Bertz CT molecular complexity index is 571. The first kappa shape index (κ1) is 12.7. The topological polar surface area (TPSA) is 30.7 Å². The van der Waals surface area contributed by atoms with E-state index in [0.29, 0.717) is 10.9 Å². The van der Waals surface area contributed by atoms with Gasteiger partial charge in [-0.2, -0.15) is 5.10 Å². The van der Waals surface area contributed by atoms with E-state index >= 15 is 0 Å². The van der Waals surface area contributed by atoms with Crippen LogP contribution in [-0.2, 0) is 7.05 Å². The van der Waals surface area contributed by atoms with Gasteiger partial charge in [0.15, 0.2) is 5.82 Å². The first-order chi connectivity index (χ1) is 9.25. The number of aryl methyl sites for hydroxylation is 1. The summed E-state index contributed by atoms with van der Waals surface area (Å²) in [4.78, 5) is 4.73. The lowest BCUT2D eigenvalue weighted by molar-refractivity contribution is 0.417. The fourth-order valence-corrected chi connectivity index (χ4v) is 3.09. The van der Waals surface area contributed by atoms with Gasteiger partial charge in [-0.05, 0) is 25.0 Å². The molecule has 100 valence electrons. The van der Waals surface area contributed by atoms with Gasteiger partial charge in [0.1, 0.15) is 5.82 Å². The molecule has 0 aliphatic heterocycles. The van der Waals surface area contributed by atoms with Crippen LogP contribution in [0.1, 0.15) is 43.8 Å². The molecule has 3 nitrogen and oxygen atoms in total. The zero-order valence-electron chi connectivity index (χ0n) is 11.1. The minimum Gasteiger partial charge on any atom is -0.252 e. The van der Waals surface area contributed by atoms with Crippen molar-refractivity contribution in [2.75, 3.05) is 0 Å². The Morgan fingerprint density at radius 1 is 1.16 bits per heavy atom. The summed E-state index contributed by atoms with van der Waals surface area (Å²) in [5, 5.41) is 5.25. The summed E-state index contributed by atoms with van der Waals surface area (Å²) in [5.74, 6) is 2.41. The van der Waals surface area contributed by atoms with Gasteiger partial charge in [-0.15, -0.1) is 0 Å². The van der Waals surface area contributed by atoms with E-state index < -0.39 is 0 Å². The Kier molecular flexibility index (Phi) is 3.56. The summed E-state index contributed by atoms with van der Waals surface area (Å²) in [6.07, 6.45) is 6.42. The van der Waals surface area contributed by atoms with E-state index in [1.165, 1.54) is 32.1 Å². The summed E-state index contributed by atoms with van der Waals surface area (Å²) >= 11 is 6.22. The van der Waals surface area contributed by atoms with Crippen molar-refractivity contribution in [2.45, 2.75) is 38.0 Å². The van der Waals surface area contributed by atoms with Crippen LogP contribution in [0.4, 0.5) is 0 Å². The highest BCUT2D eigenvalue weighted by molar-refractivity contribution is 6.33. The molecule has 1 fully saturated rings. The second-order valence-electron chi connectivity index (χ2n) is 5.23. The second kappa shape index (κ2) is 5.33. The molecule has 0 saturated heterocycles. The Morgan fingerprint density at radius 2 is 1.89 bits per heavy atom. The molecule has 2 aromatic rings. The lowest BCUT2D eigenvalue weighted by Crippen LogP contribution is -2.10. The fraction of sp³-hybridized carbons (Fsp3) is 0.467. The number of benzene rings is 1. The van der Waals surface area contributed by atoms with Crippen molar-refractivity contribution in [1.29, 1.82) is 0 Å². The van der Waals surface area contributed by atoms with Crippen molar-refractivity contribution in [2.24, 2.45) is 7.05 Å². The van der Waals surface area contributed by atoms with Crippen LogP contribution >= 0.6 is 11.6 Å². The average Bonchev–Trinajstić information content (AvgIpc) is 2.82. The molecule has 0 N–H and O–H groups in total. The lowest BCUT2D eigenvalue weighted by Gasteiger charge is -2.20. The molecule has 3 rings (SSSR count). The van der Waals surface area contributed by atoms with Gasteiger partial charge in [0.2, 0.25) is 0 Å². The maximum absolute atomic E-state index is 6.22. The van der Waals surface area contributed by atoms with Gasteiger partial charge in [-0.25, -0.2) is 4.98 Å². The highest BCUT2D eigenvalue weighted by atomic mass is 35.5. The first-order valence-electron chi connectivity index (χ1n) is 6.91. The molecule has 19 heavy (non-hydrogen) atoms. The Balaban J connectivity index is 1.95. The summed E-state index contributed by atoms with van der Waals surface area (Å²) in [6, 6.07) is 7.75. The molecule has 0 radical (unpaired) electrons. The van der Waals surface area contributed by atoms with Gasteiger partial charge >= 0.3 is 0 Å². The number of nitrogens with zero attached hydrogens (tertiary/aromatic N) is 3. The van der Waals surface area contributed by atoms with E-state index in [1.807, 2.05) is 36.0 Å². The maximum atomic E-state index is 6.22. The van der Waals surface area contributed by atoms with Crippen LogP contribution in [0, 0.1) is 0 Å². The van der Waals surface area contributed by atoms with Crippen molar-refractivity contribution in [1.82, 2.24) is 14.8 Å². The van der Waals surface area contributed by atoms with Gasteiger partial charge in [-0.3, -0.25) is 4.68 Å². The van der Waals surface area contributed by atoms with Gasteiger partial charge < -0.3 is 0 Å². The Morgan fingerprint density at radius 3 is 2.63 bits per heavy atom. The van der Waals surface area contributed by atoms with Gasteiger partial charge in [0.05, 0.1) is 5.02 Å². The minimum absolute atomic E-state index is 0.558. The molecular formula is C15H18ClN3. The SMILES string of the molecule is Cn1nc(-c2ccccc2Cl)nc1C1CCCCC1. The lowest BCUT2D eigenvalue weighted by atomic mass is 9.89. The molecule has 1 aliphatic rings. The quantitative estimate of drug-likeness (QED) is 0.823. The van der Waals surface area contributed by atoms with Gasteiger partial charge in [-0.1, -0.05) is 43.0 Å². The van der Waals surface area contributed by atoms with Crippen molar-refractivity contribution < 1.29 is 0 Å². The minimum atomic E-state index is 0.558. The third kappa shape index (κ3) is 2.52. The summed E-state index contributed by atoms with van der Waals surface area (Å²) < 4.78 is 1.93. The normalized spacial score (nSPS) is 16.7. The number of rotatable bonds is 2. The molecule has 0 amide bonds. The molecule has 0 spiro atoms. The van der Waals surface area contributed by atoms with E-state index in [-0.39, 0.29) is 0 Å². The number of halogens is 1. The predicted molar refractivity (Wildman–Crippen MR) is 77.3 cm³/mol. The number of hydrogen-bond donors (Lipinski definition) is 0. The Hall–Kier alpha value is -1.35. The zero-order valence-corrected chi connectivity index (χ0v) is 11.9. The Labute approximate surface area is 118 Å². The van der Waals surface area contributed by atoms with Crippen LogP contribution in [0.5, 0.6) is 0 Å². The standard InChI is InChI=1S/C15H18ClN3/c1-19-15(11-7-3-2-4-8-11)17-14(18-19)12-9-5-6-10-13(12)16/h5-6,9-11H,2-4,7-8H2,1H3. The van der Waals surface area contributed by atoms with Crippen molar-refractivity contribution in [3.05, 3.63) is 35.1 Å². The molecule has 4 heteroatoms. The van der Waals surface area contributed by atoms with Gasteiger partial charge in [0.25, 0.3) is 0 Å². The molecular weight excluding hydrogens is 258 g/mol. The first-order valence-corrected chi connectivity index (χ1v) is 7.29. The zero-order chi connectivity index (χ0) is 13.2. The second-order valence-corrected chi connectivity index (χ2v) is 5.64. The highest BCUT2D eigenvalue weighted by Gasteiger charge is 2.22. The van der Waals surface area contributed by atoms with Crippen LogP contribution in [0.3, 0.4) is 0 Å². The largest absolute Gasteiger partial charge is 0.252 e. The molecule has 0 unspecified atom stereocenters. The predicted octanol–water partition coefficient (Wildman–Crippen LogP) is 4.18. The van der Waals surface area contributed by atoms with E-state index in [1.54, 1.807) is 0 Å². The number of aromatic nitrogens is 3. The van der Waals surface area contributed by atoms with E-state index in [0.717, 1.165) is 17.2 Å². The molecule has 1 heterocycles. The van der Waals surface area contributed by atoms with Crippen LogP contribution in [0.15, 0.2) is 24.3 Å². The maximum Gasteiger partial charge on any atom is 0.182 e. The van der Waals surface area contributed by atoms with E-state index in [4.69, 9.17) is 16.6 Å². The van der Waals surface area contributed by atoms with Crippen LogP contribution in [0.25, 0.3) is 11.4 Å². The summed E-state index contributed by atoms with van der Waals surface area (Å²) in [5.41, 5.74) is 0.918. The molecule has 0 atom stereocenters. The molecule has 1 saturated carbocycles. The number of hydrogen-bond acceptors (Lipinski definition) is 2. The third-order valence-corrected chi connectivity index (χ3v) is 4.21. The molecule has 1 aromatic carbocycles. The summed E-state index contributed by atoms with van der Waals surface area (Å²) in [6.45, 7) is 0. The van der Waals surface area contributed by atoms with E-state index in [9.17, 15) is 0 Å². The highest BCUT2D eigenvalue weighted by Crippen LogP contribution is 2.33. The molecule has 1 aliphatic carbocycles. The molecule has 0 bridgehead atoms. The van der Waals surface area contributed by atoms with Crippen LogP contribution < -0.4 is 0 Å². The van der Waals surface area contributed by atoms with Crippen LogP contribution in [-0.4, -0.2) is 14.8 Å². The fourth-order valence-electron chi connectivity index (χ4n) is 2.87. The third-order valence-electron chi connectivity index (χ3n) is 3.88. The smallest absolute Gasteiger partial charge is 0.182 e. The van der Waals surface area contributed by atoms with Gasteiger partial charge in [0, 0.05) is 18.5 Å². The van der Waals surface area contributed by atoms with E-state index in [2.05, 4.69) is 5.10 Å². The summed E-state index contributed by atoms with van der Waals surface area (Å²) in [7, 11) is 1.98. The monoisotopic (exact) mass is 275 g/mol. The van der Waals surface area contributed by atoms with Crippen molar-refractivity contribution >= 4 is 11.6 Å². The van der Waals surface area contributed by atoms with Crippen molar-refractivity contribution in [3.8, 4) is 11.4 Å². The molecule has 1 aromatic heterocycles. The average molecular weight is 276 g/mol. The van der Waals surface area contributed by atoms with Crippen LogP contribution in [0.2, 0.25) is 5.02 Å². The van der Waals surface area contributed by atoms with Crippen molar-refractivity contribution in [3.63, 3.8) is 0 Å².